The molecule has 0 unspecified atom stereocenters. The third kappa shape index (κ3) is 4.03. The summed E-state index contributed by atoms with van der Waals surface area (Å²) in [7, 11) is 4.64. The molecule has 1 amide bonds. The molecule has 7 nitrogen and oxygen atoms in total. The largest absolute Gasteiger partial charge is 0.493 e. The van der Waals surface area contributed by atoms with Crippen molar-refractivity contribution in [2.24, 2.45) is 0 Å². The van der Waals surface area contributed by atoms with Crippen molar-refractivity contribution in [1.82, 2.24) is 14.9 Å². The van der Waals surface area contributed by atoms with Crippen LogP contribution in [0.5, 0.6) is 17.2 Å². The Morgan fingerprint density at radius 3 is 2.56 bits per heavy atom. The van der Waals surface area contributed by atoms with E-state index in [1.165, 1.54) is 6.08 Å². The van der Waals surface area contributed by atoms with Crippen LogP contribution in [0.2, 0.25) is 0 Å². The van der Waals surface area contributed by atoms with Gasteiger partial charge in [-0.2, -0.15) is 5.10 Å². The van der Waals surface area contributed by atoms with Crippen LogP contribution in [-0.2, 0) is 11.3 Å². The molecule has 2 aromatic heterocycles. The molecule has 0 aliphatic carbocycles. The monoisotopic (exact) mass is 367 g/mol. The molecule has 2 heterocycles. The summed E-state index contributed by atoms with van der Waals surface area (Å²) in [5, 5.41) is 7.11. The van der Waals surface area contributed by atoms with Gasteiger partial charge in [0.2, 0.25) is 11.7 Å². The number of nitrogens with zero attached hydrogens (tertiary/aromatic N) is 2. The van der Waals surface area contributed by atoms with Crippen LogP contribution < -0.4 is 19.5 Å². The van der Waals surface area contributed by atoms with Crippen molar-refractivity contribution in [1.29, 1.82) is 0 Å². The van der Waals surface area contributed by atoms with Crippen molar-refractivity contribution in [2.75, 3.05) is 21.3 Å². The maximum Gasteiger partial charge on any atom is 0.244 e. The summed E-state index contributed by atoms with van der Waals surface area (Å²) < 4.78 is 17.7. The Balaban J connectivity index is 1.69. The van der Waals surface area contributed by atoms with Crippen LogP contribution >= 0.6 is 0 Å². The van der Waals surface area contributed by atoms with Gasteiger partial charge in [-0.05, 0) is 35.9 Å². The van der Waals surface area contributed by atoms with E-state index in [0.717, 1.165) is 16.6 Å². The van der Waals surface area contributed by atoms with Crippen LogP contribution in [0.1, 0.15) is 11.1 Å². The van der Waals surface area contributed by atoms with Gasteiger partial charge in [-0.15, -0.1) is 0 Å². The molecule has 1 aromatic carbocycles. The van der Waals surface area contributed by atoms with Crippen molar-refractivity contribution < 1.29 is 19.0 Å². The van der Waals surface area contributed by atoms with Gasteiger partial charge >= 0.3 is 0 Å². The molecule has 0 aliphatic heterocycles. The smallest absolute Gasteiger partial charge is 0.244 e. The van der Waals surface area contributed by atoms with Gasteiger partial charge in [-0.1, -0.05) is 6.07 Å². The fourth-order valence-corrected chi connectivity index (χ4v) is 2.73. The number of aromatic nitrogens is 2. The van der Waals surface area contributed by atoms with Gasteiger partial charge in [0.15, 0.2) is 11.5 Å². The first kappa shape index (κ1) is 18.3. The Hall–Kier alpha value is -3.48. The second kappa shape index (κ2) is 8.27. The van der Waals surface area contributed by atoms with E-state index in [4.69, 9.17) is 14.2 Å². The fraction of sp³-hybridized carbons (Fsp3) is 0.200. The summed E-state index contributed by atoms with van der Waals surface area (Å²) in [6.07, 6.45) is 6.77. The number of methoxy groups -OCH3 is 3. The molecule has 7 heteroatoms. The van der Waals surface area contributed by atoms with E-state index < -0.39 is 0 Å². The normalized spacial score (nSPS) is 10.9. The van der Waals surface area contributed by atoms with Gasteiger partial charge in [0.05, 0.1) is 33.0 Å². The zero-order valence-electron chi connectivity index (χ0n) is 15.4. The van der Waals surface area contributed by atoms with Crippen molar-refractivity contribution in [3.8, 4) is 17.2 Å². The average Bonchev–Trinajstić information content (AvgIpc) is 3.12. The van der Waals surface area contributed by atoms with Crippen molar-refractivity contribution in [3.05, 3.63) is 59.9 Å². The topological polar surface area (TPSA) is 74.1 Å². The molecule has 0 radical (unpaired) electrons. The first-order valence-corrected chi connectivity index (χ1v) is 8.33. The van der Waals surface area contributed by atoms with E-state index in [1.54, 1.807) is 50.3 Å². The first-order valence-electron chi connectivity index (χ1n) is 8.33. The Kier molecular flexibility index (Phi) is 5.61. The van der Waals surface area contributed by atoms with Crippen LogP contribution in [0.15, 0.2) is 48.8 Å². The molecule has 0 spiro atoms. The highest BCUT2D eigenvalue weighted by atomic mass is 16.5. The number of hydrogen-bond acceptors (Lipinski definition) is 5. The molecule has 1 N–H and O–H groups in total. The molecule has 140 valence electrons. The Bertz CT molecular complexity index is 953. The number of benzene rings is 1. The van der Waals surface area contributed by atoms with Crippen molar-refractivity contribution in [2.45, 2.75) is 6.54 Å². The SMILES string of the molecule is COc1cc(/C=C/C(=O)NCc2cnn3ccccc23)cc(OC)c1OC. The molecule has 0 atom stereocenters. The van der Waals surface area contributed by atoms with Crippen LogP contribution in [0.4, 0.5) is 0 Å². The predicted molar refractivity (Wildman–Crippen MR) is 102 cm³/mol. The molecule has 0 aliphatic rings. The van der Waals surface area contributed by atoms with Gasteiger partial charge in [-0.3, -0.25) is 4.79 Å². The lowest BCUT2D eigenvalue weighted by Gasteiger charge is -2.12. The molecule has 0 bridgehead atoms. The Morgan fingerprint density at radius 2 is 1.89 bits per heavy atom. The van der Waals surface area contributed by atoms with Crippen LogP contribution in [0.3, 0.4) is 0 Å². The van der Waals surface area contributed by atoms with E-state index in [0.29, 0.717) is 23.8 Å². The summed E-state index contributed by atoms with van der Waals surface area (Å²) in [5.74, 6) is 1.36. The summed E-state index contributed by atoms with van der Waals surface area (Å²) in [5.41, 5.74) is 2.67. The third-order valence-electron chi connectivity index (χ3n) is 4.07. The zero-order chi connectivity index (χ0) is 19.2. The summed E-state index contributed by atoms with van der Waals surface area (Å²) >= 11 is 0. The number of carbonyl (C=O) groups excluding carboxylic acids is 1. The molecular weight excluding hydrogens is 346 g/mol. The molecule has 3 aromatic rings. The zero-order valence-corrected chi connectivity index (χ0v) is 15.4. The van der Waals surface area contributed by atoms with E-state index in [-0.39, 0.29) is 5.91 Å². The molecule has 0 saturated heterocycles. The summed E-state index contributed by atoms with van der Waals surface area (Å²) in [6, 6.07) is 9.35. The Morgan fingerprint density at radius 1 is 1.15 bits per heavy atom. The van der Waals surface area contributed by atoms with E-state index in [1.807, 2.05) is 24.4 Å². The molecule has 27 heavy (non-hydrogen) atoms. The maximum absolute atomic E-state index is 12.2. The molecular formula is C20H21N3O4. The number of ether oxygens (including phenoxy) is 3. The first-order chi connectivity index (χ1) is 13.2. The molecule has 3 rings (SSSR count). The standard InChI is InChI=1S/C20H21N3O4/c1-25-17-10-14(11-18(26-2)20(17)27-3)7-8-19(24)21-12-15-13-22-23-9-5-4-6-16(15)23/h4-11,13H,12H2,1-3H3,(H,21,24)/b8-7+. The number of amides is 1. The van der Waals surface area contributed by atoms with Gasteiger partial charge in [0.25, 0.3) is 0 Å². The molecule has 0 saturated carbocycles. The van der Waals surface area contributed by atoms with Crippen molar-refractivity contribution in [3.63, 3.8) is 0 Å². The van der Waals surface area contributed by atoms with Crippen LogP contribution in [0.25, 0.3) is 11.6 Å². The minimum Gasteiger partial charge on any atom is -0.493 e. The van der Waals surface area contributed by atoms with Crippen LogP contribution in [0, 0.1) is 0 Å². The third-order valence-corrected chi connectivity index (χ3v) is 4.07. The van der Waals surface area contributed by atoms with E-state index in [9.17, 15) is 4.79 Å². The lowest BCUT2D eigenvalue weighted by molar-refractivity contribution is -0.116. The summed E-state index contributed by atoms with van der Waals surface area (Å²) in [4.78, 5) is 12.2. The average molecular weight is 367 g/mol. The van der Waals surface area contributed by atoms with E-state index in [2.05, 4.69) is 10.4 Å². The number of fused-ring (bicyclic) bond motifs is 1. The van der Waals surface area contributed by atoms with Gasteiger partial charge in [0, 0.05) is 24.4 Å². The highest BCUT2D eigenvalue weighted by Crippen LogP contribution is 2.38. The minimum absolute atomic E-state index is 0.209. The number of carbonyl (C=O) groups is 1. The summed E-state index contributed by atoms with van der Waals surface area (Å²) in [6.45, 7) is 0.395. The predicted octanol–water partition coefficient (Wildman–Crippen LogP) is 2.69. The number of pyridine rings is 1. The van der Waals surface area contributed by atoms with Crippen LogP contribution in [-0.4, -0.2) is 36.9 Å². The number of nitrogens with one attached hydrogen (secondary N) is 1. The van der Waals surface area contributed by atoms with Gasteiger partial charge in [-0.25, -0.2) is 4.52 Å². The van der Waals surface area contributed by atoms with Gasteiger partial charge < -0.3 is 19.5 Å². The fourth-order valence-electron chi connectivity index (χ4n) is 2.73. The number of hydrogen-bond donors (Lipinski definition) is 1. The van der Waals surface area contributed by atoms with Crippen molar-refractivity contribution >= 4 is 17.5 Å². The van der Waals surface area contributed by atoms with E-state index >= 15 is 0 Å². The highest BCUT2D eigenvalue weighted by molar-refractivity contribution is 5.92. The second-order valence-corrected chi connectivity index (χ2v) is 5.71. The lowest BCUT2D eigenvalue weighted by atomic mass is 10.1. The minimum atomic E-state index is -0.209. The maximum atomic E-state index is 12.2. The highest BCUT2D eigenvalue weighted by Gasteiger charge is 2.12. The number of rotatable bonds is 7. The lowest BCUT2D eigenvalue weighted by Crippen LogP contribution is -2.20. The Labute approximate surface area is 157 Å². The molecule has 0 fully saturated rings. The quantitative estimate of drug-likeness (QED) is 0.650. The second-order valence-electron chi connectivity index (χ2n) is 5.71. The van der Waals surface area contributed by atoms with Gasteiger partial charge in [0.1, 0.15) is 0 Å².